The van der Waals surface area contributed by atoms with E-state index in [1.165, 1.54) is 39.2 Å². The fourth-order valence-corrected chi connectivity index (χ4v) is 9.21. The molecule has 1 heterocycles. The molecule has 1 saturated heterocycles. The van der Waals surface area contributed by atoms with E-state index in [2.05, 4.69) is 20.8 Å². The summed E-state index contributed by atoms with van der Waals surface area (Å²) in [5.41, 5.74) is 0.635. The second-order valence-electron chi connectivity index (χ2n) is 11.7. The predicted molar refractivity (Wildman–Crippen MR) is 111 cm³/mol. The number of carbonyl (C=O) groups is 1. The first-order valence-electron chi connectivity index (χ1n) is 12.2. The first-order valence-corrected chi connectivity index (χ1v) is 12.2. The smallest absolute Gasteiger partial charge is 0.305 e. The lowest BCUT2D eigenvalue weighted by Crippen LogP contribution is -2.57. The van der Waals surface area contributed by atoms with Crippen LogP contribution in [0.15, 0.2) is 0 Å². The van der Waals surface area contributed by atoms with E-state index in [4.69, 9.17) is 9.47 Å². The summed E-state index contributed by atoms with van der Waals surface area (Å²) in [5, 5.41) is 10.3. The lowest BCUT2D eigenvalue weighted by molar-refractivity contribution is -0.141. The van der Waals surface area contributed by atoms with Crippen molar-refractivity contribution in [2.24, 2.45) is 46.3 Å². The molecule has 11 unspecified atom stereocenters. The summed E-state index contributed by atoms with van der Waals surface area (Å²) in [6.07, 6.45) is 10.7. The second-order valence-corrected chi connectivity index (χ2v) is 11.7. The van der Waals surface area contributed by atoms with E-state index >= 15 is 0 Å². The van der Waals surface area contributed by atoms with Crippen molar-refractivity contribution < 1.29 is 19.4 Å². The Labute approximate surface area is 176 Å². The number of aliphatic hydroxyl groups is 1. The molecule has 0 spiro atoms. The summed E-state index contributed by atoms with van der Waals surface area (Å²) in [6.45, 7) is 7.42. The Morgan fingerprint density at radius 2 is 2.00 bits per heavy atom. The van der Waals surface area contributed by atoms with Crippen molar-refractivity contribution in [1.29, 1.82) is 0 Å². The topological polar surface area (TPSA) is 59.1 Å². The van der Waals surface area contributed by atoms with Gasteiger partial charge in [-0.3, -0.25) is 4.79 Å². The molecule has 0 bridgehead atoms. The molecule has 1 N–H and O–H groups in total. The van der Waals surface area contributed by atoms with Gasteiger partial charge in [-0.05, 0) is 92.3 Å². The zero-order chi connectivity index (χ0) is 20.6. The van der Waals surface area contributed by atoms with E-state index in [-0.39, 0.29) is 17.5 Å². The van der Waals surface area contributed by atoms with Gasteiger partial charge in [-0.25, -0.2) is 0 Å². The number of rotatable bonds is 4. The van der Waals surface area contributed by atoms with Crippen LogP contribution >= 0.6 is 0 Å². The molecular formula is C25H40O4. The summed E-state index contributed by atoms with van der Waals surface area (Å²) in [5.74, 6) is 4.06. The molecule has 4 nitrogen and oxygen atoms in total. The molecule has 164 valence electrons. The summed E-state index contributed by atoms with van der Waals surface area (Å²) in [4.78, 5) is 11.7. The molecule has 5 rings (SSSR count). The molecule has 0 aromatic heterocycles. The van der Waals surface area contributed by atoms with E-state index in [9.17, 15) is 9.90 Å². The van der Waals surface area contributed by atoms with Crippen LogP contribution in [0.3, 0.4) is 0 Å². The van der Waals surface area contributed by atoms with Crippen LogP contribution in [-0.2, 0) is 14.3 Å². The Balaban J connectivity index is 1.37. The number of hydrogen-bond acceptors (Lipinski definition) is 4. The van der Waals surface area contributed by atoms with Crippen LogP contribution in [0, 0.1) is 46.3 Å². The van der Waals surface area contributed by atoms with Crippen molar-refractivity contribution in [2.45, 2.75) is 96.9 Å². The normalized spacial score (nSPS) is 53.8. The van der Waals surface area contributed by atoms with Crippen LogP contribution in [0.5, 0.6) is 0 Å². The van der Waals surface area contributed by atoms with Crippen molar-refractivity contribution in [2.75, 3.05) is 7.11 Å². The van der Waals surface area contributed by atoms with Crippen LogP contribution < -0.4 is 0 Å². The van der Waals surface area contributed by atoms with E-state index in [0.29, 0.717) is 47.7 Å². The van der Waals surface area contributed by atoms with Gasteiger partial charge in [0, 0.05) is 11.8 Å². The molecule has 0 aromatic carbocycles. The zero-order valence-corrected chi connectivity index (χ0v) is 18.7. The van der Waals surface area contributed by atoms with Crippen molar-refractivity contribution in [3.63, 3.8) is 0 Å². The maximum atomic E-state index is 11.7. The molecule has 4 saturated carbocycles. The quantitative estimate of drug-likeness (QED) is 0.550. The highest BCUT2D eigenvalue weighted by molar-refractivity contribution is 5.69. The minimum Gasteiger partial charge on any atom is -0.469 e. The number of methoxy groups -OCH3 is 1. The Morgan fingerprint density at radius 1 is 1.21 bits per heavy atom. The van der Waals surface area contributed by atoms with Gasteiger partial charge in [0.05, 0.1) is 25.4 Å². The summed E-state index contributed by atoms with van der Waals surface area (Å²) < 4.78 is 11.5. The monoisotopic (exact) mass is 404 g/mol. The maximum absolute atomic E-state index is 11.7. The van der Waals surface area contributed by atoms with Gasteiger partial charge in [0.15, 0.2) is 0 Å². The largest absolute Gasteiger partial charge is 0.469 e. The molecular weight excluding hydrogens is 364 g/mol. The van der Waals surface area contributed by atoms with Gasteiger partial charge in [0.25, 0.3) is 0 Å². The third kappa shape index (κ3) is 2.87. The molecule has 5 aliphatic rings. The van der Waals surface area contributed by atoms with Gasteiger partial charge >= 0.3 is 5.97 Å². The zero-order valence-electron chi connectivity index (χ0n) is 18.7. The summed E-state index contributed by atoms with van der Waals surface area (Å²) >= 11 is 0. The Bertz CT molecular complexity index is 663. The fourth-order valence-electron chi connectivity index (χ4n) is 9.21. The Hall–Kier alpha value is -0.610. The average molecular weight is 405 g/mol. The van der Waals surface area contributed by atoms with Crippen LogP contribution in [0.25, 0.3) is 0 Å². The predicted octanol–water partition coefficient (Wildman–Crippen LogP) is 4.58. The van der Waals surface area contributed by atoms with Gasteiger partial charge in [0.2, 0.25) is 0 Å². The maximum Gasteiger partial charge on any atom is 0.305 e. The fraction of sp³-hybridized carbons (Fsp3) is 0.960. The highest BCUT2D eigenvalue weighted by Gasteiger charge is 2.73. The van der Waals surface area contributed by atoms with Crippen molar-refractivity contribution in [3.05, 3.63) is 0 Å². The first-order chi connectivity index (χ1) is 13.8. The number of epoxide rings is 1. The molecule has 0 amide bonds. The van der Waals surface area contributed by atoms with E-state index < -0.39 is 0 Å². The minimum atomic E-state index is -0.0825. The molecule has 1 aliphatic heterocycles. The number of esters is 1. The van der Waals surface area contributed by atoms with Gasteiger partial charge in [-0.2, -0.15) is 0 Å². The van der Waals surface area contributed by atoms with Crippen molar-refractivity contribution in [3.8, 4) is 0 Å². The lowest BCUT2D eigenvalue weighted by atomic mass is 9.44. The van der Waals surface area contributed by atoms with Crippen molar-refractivity contribution in [1.82, 2.24) is 0 Å². The van der Waals surface area contributed by atoms with E-state index in [0.717, 1.165) is 31.1 Å². The molecule has 5 fully saturated rings. The van der Waals surface area contributed by atoms with Gasteiger partial charge in [-0.1, -0.05) is 20.8 Å². The van der Waals surface area contributed by atoms with Crippen LogP contribution in [0.4, 0.5) is 0 Å². The Morgan fingerprint density at radius 3 is 2.76 bits per heavy atom. The van der Waals surface area contributed by atoms with E-state index in [1.807, 2.05) is 0 Å². The first kappa shape index (κ1) is 20.3. The number of carbonyl (C=O) groups excluding carboxylic acids is 1. The molecule has 29 heavy (non-hydrogen) atoms. The van der Waals surface area contributed by atoms with Gasteiger partial charge < -0.3 is 14.6 Å². The van der Waals surface area contributed by atoms with Crippen LogP contribution in [0.2, 0.25) is 0 Å². The standard InChI is InChI=1S/C25H40O4/c1-14(5-10-20(27)28-4)18-8-9-19-17-7-6-15-13-16(26)11-12-24(15,2)21(17)22-23(29-22)25(18,19)3/h14-19,21-23,26H,5-13H2,1-4H3. The third-order valence-corrected chi connectivity index (χ3v) is 10.7. The molecule has 4 aliphatic carbocycles. The Kier molecular flexibility index (Phi) is 4.87. The molecule has 4 heteroatoms. The van der Waals surface area contributed by atoms with Crippen molar-refractivity contribution >= 4 is 5.97 Å². The lowest BCUT2D eigenvalue weighted by Gasteiger charge is -2.59. The van der Waals surface area contributed by atoms with Crippen LogP contribution in [0.1, 0.15) is 78.6 Å². The highest BCUT2D eigenvalue weighted by Crippen LogP contribution is 2.73. The molecule has 0 radical (unpaired) electrons. The average Bonchev–Trinajstić information content (AvgIpc) is 3.42. The third-order valence-electron chi connectivity index (χ3n) is 10.7. The number of ether oxygens (including phenoxy) is 2. The highest BCUT2D eigenvalue weighted by atomic mass is 16.6. The number of hydrogen-bond donors (Lipinski definition) is 1. The van der Waals surface area contributed by atoms with Crippen LogP contribution in [-0.4, -0.2) is 36.5 Å². The molecule has 11 atom stereocenters. The number of fused-ring (bicyclic) bond motifs is 8. The second kappa shape index (κ2) is 6.95. The minimum absolute atomic E-state index is 0.0773. The summed E-state index contributed by atoms with van der Waals surface area (Å²) in [6, 6.07) is 0. The SMILES string of the molecule is COC(=O)CCC(C)C1CCC2C3CCC4CC(O)CCC4(C)C3C3OC3C12C. The van der Waals surface area contributed by atoms with Gasteiger partial charge in [0.1, 0.15) is 0 Å². The number of aliphatic hydroxyl groups excluding tert-OH is 1. The van der Waals surface area contributed by atoms with Gasteiger partial charge in [-0.15, -0.1) is 0 Å². The summed E-state index contributed by atoms with van der Waals surface area (Å²) in [7, 11) is 1.49. The molecule has 0 aromatic rings. The van der Waals surface area contributed by atoms with E-state index in [1.54, 1.807) is 0 Å².